The van der Waals surface area contributed by atoms with E-state index in [2.05, 4.69) is 34.4 Å². The molecule has 0 spiro atoms. The number of aromatic nitrogens is 1. The van der Waals surface area contributed by atoms with E-state index in [0.717, 1.165) is 30.4 Å². The standard InChI is InChI=1S/C16H21N3O/c1-17-16-9-5-7-14(18-16)12-19(2)11-13-6-4-8-15(10-13)20-3/h4-10H,11-12H2,1-3H3,(H,17,18). The summed E-state index contributed by atoms with van der Waals surface area (Å²) in [6, 6.07) is 14.2. The second kappa shape index (κ2) is 6.91. The number of ether oxygens (including phenoxy) is 1. The van der Waals surface area contributed by atoms with Gasteiger partial charge in [-0.1, -0.05) is 18.2 Å². The van der Waals surface area contributed by atoms with Crippen LogP contribution in [0.1, 0.15) is 11.3 Å². The largest absolute Gasteiger partial charge is 0.497 e. The van der Waals surface area contributed by atoms with Crippen molar-refractivity contribution in [1.82, 2.24) is 9.88 Å². The third-order valence-electron chi connectivity index (χ3n) is 3.08. The molecule has 2 rings (SSSR count). The number of rotatable bonds is 6. The summed E-state index contributed by atoms with van der Waals surface area (Å²) in [6.45, 7) is 1.68. The summed E-state index contributed by atoms with van der Waals surface area (Å²) in [4.78, 5) is 6.76. The highest BCUT2D eigenvalue weighted by molar-refractivity contribution is 5.34. The summed E-state index contributed by atoms with van der Waals surface area (Å²) < 4.78 is 5.25. The molecule has 0 aliphatic rings. The van der Waals surface area contributed by atoms with E-state index >= 15 is 0 Å². The molecule has 4 nitrogen and oxygen atoms in total. The molecular weight excluding hydrogens is 250 g/mol. The van der Waals surface area contributed by atoms with E-state index in [0.29, 0.717) is 0 Å². The van der Waals surface area contributed by atoms with Gasteiger partial charge in [0.1, 0.15) is 11.6 Å². The van der Waals surface area contributed by atoms with Crippen molar-refractivity contribution >= 4 is 5.82 Å². The molecule has 1 aromatic carbocycles. The number of hydrogen-bond donors (Lipinski definition) is 1. The zero-order valence-corrected chi connectivity index (χ0v) is 12.3. The number of anilines is 1. The first-order valence-corrected chi connectivity index (χ1v) is 6.66. The van der Waals surface area contributed by atoms with Gasteiger partial charge >= 0.3 is 0 Å². The molecule has 0 unspecified atom stereocenters. The van der Waals surface area contributed by atoms with Crippen molar-refractivity contribution in [3.05, 3.63) is 53.7 Å². The first-order valence-electron chi connectivity index (χ1n) is 6.66. The quantitative estimate of drug-likeness (QED) is 0.876. The van der Waals surface area contributed by atoms with E-state index in [9.17, 15) is 0 Å². The molecule has 2 aromatic rings. The Morgan fingerprint density at radius 1 is 1.15 bits per heavy atom. The second-order valence-corrected chi connectivity index (χ2v) is 4.79. The van der Waals surface area contributed by atoms with Crippen molar-refractivity contribution in [1.29, 1.82) is 0 Å². The molecule has 0 fully saturated rings. The van der Waals surface area contributed by atoms with Crippen molar-refractivity contribution in [3.63, 3.8) is 0 Å². The number of benzene rings is 1. The lowest BCUT2D eigenvalue weighted by molar-refractivity contribution is 0.314. The van der Waals surface area contributed by atoms with E-state index < -0.39 is 0 Å². The van der Waals surface area contributed by atoms with Crippen molar-refractivity contribution in [2.75, 3.05) is 26.5 Å². The maximum Gasteiger partial charge on any atom is 0.126 e. The zero-order chi connectivity index (χ0) is 14.4. The molecule has 0 amide bonds. The van der Waals surface area contributed by atoms with Crippen LogP contribution in [0.15, 0.2) is 42.5 Å². The maximum absolute atomic E-state index is 5.25. The van der Waals surface area contributed by atoms with Gasteiger partial charge in [0.25, 0.3) is 0 Å². The Hall–Kier alpha value is -2.07. The average molecular weight is 271 g/mol. The number of methoxy groups -OCH3 is 1. The third kappa shape index (κ3) is 3.96. The fourth-order valence-corrected chi connectivity index (χ4v) is 2.12. The Bertz CT molecular complexity index is 507. The van der Waals surface area contributed by atoms with E-state index in [-0.39, 0.29) is 0 Å². The minimum atomic E-state index is 0.812. The van der Waals surface area contributed by atoms with Crippen LogP contribution < -0.4 is 10.1 Å². The predicted molar refractivity (Wildman–Crippen MR) is 81.9 cm³/mol. The Kier molecular flexibility index (Phi) is 4.96. The number of nitrogens with one attached hydrogen (secondary N) is 1. The van der Waals surface area contributed by atoms with Gasteiger partial charge in [-0.05, 0) is 36.9 Å². The van der Waals surface area contributed by atoms with Crippen molar-refractivity contribution in [2.24, 2.45) is 0 Å². The summed E-state index contributed by atoms with van der Waals surface area (Å²) in [5.74, 6) is 1.79. The van der Waals surface area contributed by atoms with Crippen LogP contribution in [0.5, 0.6) is 5.75 Å². The van der Waals surface area contributed by atoms with Crippen LogP contribution >= 0.6 is 0 Å². The molecule has 0 atom stereocenters. The Balaban J connectivity index is 1.99. The van der Waals surface area contributed by atoms with Gasteiger partial charge in [-0.25, -0.2) is 4.98 Å². The van der Waals surface area contributed by atoms with Gasteiger partial charge in [-0.15, -0.1) is 0 Å². The van der Waals surface area contributed by atoms with Crippen LogP contribution in [0.3, 0.4) is 0 Å². The van der Waals surface area contributed by atoms with Crippen LogP contribution in [0.25, 0.3) is 0 Å². The SMILES string of the molecule is CNc1cccc(CN(C)Cc2cccc(OC)c2)n1. The Morgan fingerprint density at radius 2 is 1.95 bits per heavy atom. The molecule has 0 saturated heterocycles. The molecule has 0 bridgehead atoms. The lowest BCUT2D eigenvalue weighted by atomic mass is 10.2. The first-order chi connectivity index (χ1) is 9.71. The molecule has 0 aliphatic heterocycles. The van der Waals surface area contributed by atoms with E-state index in [1.807, 2.05) is 37.4 Å². The van der Waals surface area contributed by atoms with Crippen LogP contribution in [0.4, 0.5) is 5.82 Å². The first kappa shape index (κ1) is 14.3. The van der Waals surface area contributed by atoms with Gasteiger partial charge in [0.15, 0.2) is 0 Å². The van der Waals surface area contributed by atoms with Gasteiger partial charge in [-0.2, -0.15) is 0 Å². The highest BCUT2D eigenvalue weighted by atomic mass is 16.5. The van der Waals surface area contributed by atoms with E-state index in [1.165, 1.54) is 5.56 Å². The van der Waals surface area contributed by atoms with Gasteiger partial charge in [-0.3, -0.25) is 4.90 Å². The molecular formula is C16H21N3O. The minimum absolute atomic E-state index is 0.812. The van der Waals surface area contributed by atoms with Crippen LogP contribution in [-0.2, 0) is 13.1 Å². The summed E-state index contributed by atoms with van der Waals surface area (Å²) >= 11 is 0. The number of nitrogens with zero attached hydrogens (tertiary/aromatic N) is 2. The fourth-order valence-electron chi connectivity index (χ4n) is 2.12. The molecule has 1 aromatic heterocycles. The molecule has 106 valence electrons. The van der Waals surface area contributed by atoms with Crippen LogP contribution in [0.2, 0.25) is 0 Å². The number of hydrogen-bond acceptors (Lipinski definition) is 4. The summed E-state index contributed by atoms with van der Waals surface area (Å²) in [5.41, 5.74) is 2.29. The number of pyridine rings is 1. The fraction of sp³-hybridized carbons (Fsp3) is 0.312. The summed E-state index contributed by atoms with van der Waals surface area (Å²) in [5, 5.41) is 3.06. The molecule has 0 saturated carbocycles. The Labute approximate surface area is 120 Å². The van der Waals surface area contributed by atoms with Gasteiger partial charge in [0, 0.05) is 20.1 Å². The van der Waals surface area contributed by atoms with Crippen LogP contribution in [-0.4, -0.2) is 31.1 Å². The summed E-state index contributed by atoms with van der Waals surface area (Å²) in [7, 11) is 5.66. The molecule has 20 heavy (non-hydrogen) atoms. The molecule has 0 radical (unpaired) electrons. The molecule has 1 heterocycles. The average Bonchev–Trinajstić information content (AvgIpc) is 2.47. The highest BCUT2D eigenvalue weighted by Crippen LogP contribution is 2.15. The van der Waals surface area contributed by atoms with Gasteiger partial charge in [0.2, 0.25) is 0 Å². The monoisotopic (exact) mass is 271 g/mol. The Morgan fingerprint density at radius 3 is 2.70 bits per heavy atom. The van der Waals surface area contributed by atoms with Crippen molar-refractivity contribution in [2.45, 2.75) is 13.1 Å². The zero-order valence-electron chi connectivity index (χ0n) is 12.3. The summed E-state index contributed by atoms with van der Waals surface area (Å²) in [6.07, 6.45) is 0. The third-order valence-corrected chi connectivity index (χ3v) is 3.08. The molecule has 4 heteroatoms. The molecule has 1 N–H and O–H groups in total. The van der Waals surface area contributed by atoms with Crippen molar-refractivity contribution < 1.29 is 4.74 Å². The predicted octanol–water partition coefficient (Wildman–Crippen LogP) is 2.76. The van der Waals surface area contributed by atoms with Gasteiger partial charge < -0.3 is 10.1 Å². The lowest BCUT2D eigenvalue weighted by Crippen LogP contribution is -2.18. The van der Waals surface area contributed by atoms with Crippen molar-refractivity contribution in [3.8, 4) is 5.75 Å². The minimum Gasteiger partial charge on any atom is -0.497 e. The van der Waals surface area contributed by atoms with E-state index in [1.54, 1.807) is 7.11 Å². The lowest BCUT2D eigenvalue weighted by Gasteiger charge is -2.17. The van der Waals surface area contributed by atoms with Crippen LogP contribution in [0, 0.1) is 0 Å². The normalized spacial score (nSPS) is 10.6. The smallest absolute Gasteiger partial charge is 0.126 e. The topological polar surface area (TPSA) is 37.4 Å². The molecule has 0 aliphatic carbocycles. The highest BCUT2D eigenvalue weighted by Gasteiger charge is 2.04. The maximum atomic E-state index is 5.25. The van der Waals surface area contributed by atoms with Gasteiger partial charge in [0.05, 0.1) is 12.8 Å². The van der Waals surface area contributed by atoms with E-state index in [4.69, 9.17) is 4.74 Å². The second-order valence-electron chi connectivity index (χ2n) is 4.79.